The predicted molar refractivity (Wildman–Crippen MR) is 86.8 cm³/mol. The van der Waals surface area contributed by atoms with Crippen molar-refractivity contribution in [1.82, 2.24) is 4.90 Å². The molecule has 0 unspecified atom stereocenters. The molecule has 0 aromatic rings. The molecule has 0 aliphatic carbocycles. The number of allylic oxidation sites excluding steroid dienone is 3. The number of rotatable bonds is 3. The molecule has 0 aromatic heterocycles. The van der Waals surface area contributed by atoms with Crippen LogP contribution >= 0.6 is 0 Å². The molecule has 0 bridgehead atoms. The quantitative estimate of drug-likeness (QED) is 0.808. The largest absolute Gasteiger partial charge is 0.444 e. The van der Waals surface area contributed by atoms with Gasteiger partial charge in [-0.25, -0.2) is 4.79 Å². The van der Waals surface area contributed by atoms with Gasteiger partial charge in [0.15, 0.2) is 0 Å². The summed E-state index contributed by atoms with van der Waals surface area (Å²) in [4.78, 5) is 13.9. The number of ether oxygens (including phenoxy) is 1. The lowest BCUT2D eigenvalue weighted by Gasteiger charge is -2.34. The van der Waals surface area contributed by atoms with E-state index in [2.05, 4.69) is 6.58 Å². The van der Waals surface area contributed by atoms with E-state index >= 15 is 0 Å². The molecular formula is C17H28N2O2. The van der Waals surface area contributed by atoms with Gasteiger partial charge in [-0.15, -0.1) is 0 Å². The number of hydrogen-bond acceptors (Lipinski definition) is 3. The highest BCUT2D eigenvalue weighted by atomic mass is 16.6. The SMILES string of the molecule is C=C(/C=C\C(N)=C/C)[C@@H]1CCCN(C(=O)OC(C)(C)C)C1. The summed E-state index contributed by atoms with van der Waals surface area (Å²) in [5, 5.41) is 0. The Hall–Kier alpha value is -1.71. The summed E-state index contributed by atoms with van der Waals surface area (Å²) < 4.78 is 5.43. The zero-order valence-electron chi connectivity index (χ0n) is 13.7. The molecule has 1 aliphatic rings. The summed E-state index contributed by atoms with van der Waals surface area (Å²) >= 11 is 0. The van der Waals surface area contributed by atoms with Crippen LogP contribution in [-0.2, 0) is 4.74 Å². The van der Waals surface area contributed by atoms with Gasteiger partial charge in [-0.2, -0.15) is 0 Å². The van der Waals surface area contributed by atoms with Crippen molar-refractivity contribution in [3.63, 3.8) is 0 Å². The van der Waals surface area contributed by atoms with E-state index in [-0.39, 0.29) is 12.0 Å². The van der Waals surface area contributed by atoms with Crippen LogP contribution < -0.4 is 5.73 Å². The third kappa shape index (κ3) is 6.06. The zero-order valence-corrected chi connectivity index (χ0v) is 13.7. The molecule has 1 rings (SSSR count). The second-order valence-corrected chi connectivity index (χ2v) is 6.46. The first kappa shape index (κ1) is 17.3. The van der Waals surface area contributed by atoms with Crippen LogP contribution in [0.5, 0.6) is 0 Å². The van der Waals surface area contributed by atoms with E-state index in [0.29, 0.717) is 6.54 Å². The number of carbonyl (C=O) groups excluding carboxylic acids is 1. The number of likely N-dealkylation sites (tertiary alicyclic amines) is 1. The molecule has 0 aromatic carbocycles. The molecule has 1 amide bonds. The fourth-order valence-electron chi connectivity index (χ4n) is 2.21. The molecule has 118 valence electrons. The summed E-state index contributed by atoms with van der Waals surface area (Å²) in [6.45, 7) is 13.1. The molecule has 1 fully saturated rings. The van der Waals surface area contributed by atoms with Gasteiger partial charge in [0.25, 0.3) is 0 Å². The minimum absolute atomic E-state index is 0.239. The predicted octanol–water partition coefficient (Wildman–Crippen LogP) is 3.61. The molecule has 2 N–H and O–H groups in total. The van der Waals surface area contributed by atoms with Crippen molar-refractivity contribution in [2.75, 3.05) is 13.1 Å². The summed E-state index contributed by atoms with van der Waals surface area (Å²) in [6.07, 6.45) is 7.41. The minimum Gasteiger partial charge on any atom is -0.444 e. The lowest BCUT2D eigenvalue weighted by atomic mass is 9.91. The number of amides is 1. The van der Waals surface area contributed by atoms with Crippen LogP contribution in [0.4, 0.5) is 4.79 Å². The topological polar surface area (TPSA) is 55.6 Å². The van der Waals surface area contributed by atoms with Gasteiger partial charge >= 0.3 is 6.09 Å². The third-order valence-electron chi connectivity index (χ3n) is 3.42. The minimum atomic E-state index is -0.457. The number of piperidine rings is 1. The van der Waals surface area contributed by atoms with Crippen molar-refractivity contribution in [3.8, 4) is 0 Å². The van der Waals surface area contributed by atoms with Gasteiger partial charge in [-0.1, -0.05) is 24.3 Å². The monoisotopic (exact) mass is 292 g/mol. The fraction of sp³-hybridized carbons (Fsp3) is 0.588. The average molecular weight is 292 g/mol. The molecule has 21 heavy (non-hydrogen) atoms. The van der Waals surface area contributed by atoms with E-state index < -0.39 is 5.60 Å². The Morgan fingerprint density at radius 2 is 2.05 bits per heavy atom. The molecule has 1 atom stereocenters. The lowest BCUT2D eigenvalue weighted by Crippen LogP contribution is -2.43. The lowest BCUT2D eigenvalue weighted by molar-refractivity contribution is 0.0184. The second kappa shape index (κ2) is 7.34. The molecular weight excluding hydrogens is 264 g/mol. The van der Waals surface area contributed by atoms with E-state index in [9.17, 15) is 4.79 Å². The van der Waals surface area contributed by atoms with Gasteiger partial charge in [0.2, 0.25) is 0 Å². The van der Waals surface area contributed by atoms with E-state index in [1.54, 1.807) is 4.90 Å². The fourth-order valence-corrected chi connectivity index (χ4v) is 2.21. The molecule has 0 spiro atoms. The van der Waals surface area contributed by atoms with Gasteiger partial charge in [-0.05, 0) is 46.6 Å². The number of nitrogens with zero attached hydrogens (tertiary/aromatic N) is 1. The molecule has 4 nitrogen and oxygen atoms in total. The Balaban J connectivity index is 2.62. The van der Waals surface area contributed by atoms with Crippen LogP contribution in [0.1, 0.15) is 40.5 Å². The Kier molecular flexibility index (Phi) is 6.06. The molecule has 4 heteroatoms. The second-order valence-electron chi connectivity index (χ2n) is 6.46. The van der Waals surface area contributed by atoms with Crippen LogP contribution in [0.2, 0.25) is 0 Å². The van der Waals surface area contributed by atoms with Crippen molar-refractivity contribution in [2.24, 2.45) is 11.7 Å². The maximum Gasteiger partial charge on any atom is 0.410 e. The number of carbonyl (C=O) groups is 1. The zero-order chi connectivity index (χ0) is 16.0. The highest BCUT2D eigenvalue weighted by Crippen LogP contribution is 2.25. The van der Waals surface area contributed by atoms with Crippen molar-refractivity contribution in [2.45, 2.75) is 46.1 Å². The summed E-state index contributed by atoms with van der Waals surface area (Å²) in [5.74, 6) is 0.271. The van der Waals surface area contributed by atoms with Crippen molar-refractivity contribution >= 4 is 6.09 Å². The maximum absolute atomic E-state index is 12.1. The summed E-state index contributed by atoms with van der Waals surface area (Å²) in [6, 6.07) is 0. The summed E-state index contributed by atoms with van der Waals surface area (Å²) in [7, 11) is 0. The molecule has 1 heterocycles. The van der Waals surface area contributed by atoms with Gasteiger partial charge in [0.05, 0.1) is 0 Å². The van der Waals surface area contributed by atoms with Crippen molar-refractivity contribution < 1.29 is 9.53 Å². The van der Waals surface area contributed by atoms with Gasteiger partial charge in [0, 0.05) is 24.7 Å². The highest BCUT2D eigenvalue weighted by molar-refractivity contribution is 5.68. The first-order chi connectivity index (χ1) is 9.73. The van der Waals surface area contributed by atoms with E-state index in [1.165, 1.54) is 0 Å². The molecule has 1 aliphatic heterocycles. The average Bonchev–Trinajstić information content (AvgIpc) is 2.42. The van der Waals surface area contributed by atoms with Crippen LogP contribution in [0.25, 0.3) is 0 Å². The first-order valence-electron chi connectivity index (χ1n) is 7.49. The standard InChI is InChI=1S/C17H28N2O2/c1-6-15(18)10-9-13(2)14-8-7-11-19(12-14)16(20)21-17(3,4)5/h6,9-10,14H,2,7-8,11-12,18H2,1,3-5H3/b10-9-,15-6+/t14-/m1/s1. The Morgan fingerprint density at radius 3 is 2.62 bits per heavy atom. The van der Waals surface area contributed by atoms with E-state index in [0.717, 1.165) is 30.7 Å². The number of hydrogen-bond donors (Lipinski definition) is 1. The first-order valence-corrected chi connectivity index (χ1v) is 7.49. The molecule has 0 saturated carbocycles. The van der Waals surface area contributed by atoms with E-state index in [4.69, 9.17) is 10.5 Å². The third-order valence-corrected chi connectivity index (χ3v) is 3.42. The van der Waals surface area contributed by atoms with Crippen LogP contribution in [-0.4, -0.2) is 29.7 Å². The Labute approximate surface area is 128 Å². The highest BCUT2D eigenvalue weighted by Gasteiger charge is 2.28. The van der Waals surface area contributed by atoms with Crippen LogP contribution in [0, 0.1) is 5.92 Å². The van der Waals surface area contributed by atoms with Crippen molar-refractivity contribution in [3.05, 3.63) is 36.1 Å². The van der Waals surface area contributed by atoms with Crippen LogP contribution in [0.15, 0.2) is 36.1 Å². The Bertz CT molecular complexity index is 444. The van der Waals surface area contributed by atoms with E-state index in [1.807, 2.05) is 45.9 Å². The normalized spacial score (nSPS) is 20.7. The van der Waals surface area contributed by atoms with Crippen molar-refractivity contribution in [1.29, 1.82) is 0 Å². The van der Waals surface area contributed by atoms with Crippen LogP contribution in [0.3, 0.4) is 0 Å². The Morgan fingerprint density at radius 1 is 1.38 bits per heavy atom. The van der Waals surface area contributed by atoms with Gasteiger partial charge in [0.1, 0.15) is 5.60 Å². The van der Waals surface area contributed by atoms with Gasteiger partial charge in [-0.3, -0.25) is 0 Å². The molecule has 1 saturated heterocycles. The molecule has 0 radical (unpaired) electrons. The maximum atomic E-state index is 12.1. The van der Waals surface area contributed by atoms with Gasteiger partial charge < -0.3 is 15.4 Å². The summed E-state index contributed by atoms with van der Waals surface area (Å²) in [5.41, 5.74) is 7.01. The smallest absolute Gasteiger partial charge is 0.410 e. The number of nitrogens with two attached hydrogens (primary N) is 1.